The molecule has 2 rings (SSSR count). The SMILES string of the molecule is CC1(C)CSCC(C#N)(Nc2ccccc2F)C1. The number of nitriles is 1. The van der Waals surface area contributed by atoms with Crippen LogP contribution >= 0.6 is 11.8 Å². The van der Waals surface area contributed by atoms with E-state index in [-0.39, 0.29) is 11.2 Å². The van der Waals surface area contributed by atoms with Crippen LogP contribution in [-0.4, -0.2) is 17.0 Å². The maximum Gasteiger partial charge on any atom is 0.146 e. The Labute approximate surface area is 112 Å². The fraction of sp³-hybridized carbons (Fsp3) is 0.500. The number of hydrogen-bond acceptors (Lipinski definition) is 3. The maximum absolute atomic E-state index is 13.7. The number of anilines is 1. The smallest absolute Gasteiger partial charge is 0.146 e. The standard InChI is InChI=1S/C14H17FN2S/c1-13(2)7-14(8-16,10-18-9-13)17-12-6-4-3-5-11(12)15/h3-6,17H,7,9-10H2,1-2H3. The molecule has 4 heteroatoms. The normalized spacial score (nSPS) is 26.3. The van der Waals surface area contributed by atoms with Crippen molar-refractivity contribution in [2.24, 2.45) is 5.41 Å². The monoisotopic (exact) mass is 264 g/mol. The van der Waals surface area contributed by atoms with Crippen LogP contribution in [0.3, 0.4) is 0 Å². The molecule has 1 aromatic carbocycles. The van der Waals surface area contributed by atoms with Gasteiger partial charge in [-0.05, 0) is 29.7 Å². The Morgan fingerprint density at radius 2 is 2.06 bits per heavy atom. The molecule has 1 unspecified atom stereocenters. The van der Waals surface area contributed by atoms with Crippen molar-refractivity contribution in [1.82, 2.24) is 0 Å². The van der Waals surface area contributed by atoms with E-state index in [0.29, 0.717) is 11.4 Å². The third-order valence-electron chi connectivity index (χ3n) is 3.08. The van der Waals surface area contributed by atoms with Crippen LogP contribution in [0.5, 0.6) is 0 Å². The van der Waals surface area contributed by atoms with Crippen molar-refractivity contribution in [3.63, 3.8) is 0 Å². The molecule has 1 aliphatic rings. The summed E-state index contributed by atoms with van der Waals surface area (Å²) in [6, 6.07) is 8.87. The molecule has 1 aliphatic heterocycles. The summed E-state index contributed by atoms with van der Waals surface area (Å²) in [6.45, 7) is 4.29. The summed E-state index contributed by atoms with van der Waals surface area (Å²) in [4.78, 5) is 0. The maximum atomic E-state index is 13.7. The molecule has 0 bridgehead atoms. The number of nitrogens with one attached hydrogen (secondary N) is 1. The Hall–Kier alpha value is -1.21. The van der Waals surface area contributed by atoms with Crippen LogP contribution < -0.4 is 5.32 Å². The van der Waals surface area contributed by atoms with Crippen molar-refractivity contribution in [2.45, 2.75) is 25.8 Å². The number of rotatable bonds is 2. The number of nitrogens with zero attached hydrogens (tertiary/aromatic N) is 1. The first-order valence-corrected chi connectivity index (χ1v) is 7.14. The fourth-order valence-electron chi connectivity index (χ4n) is 2.42. The van der Waals surface area contributed by atoms with Gasteiger partial charge in [0.15, 0.2) is 0 Å². The average molecular weight is 264 g/mol. The van der Waals surface area contributed by atoms with Gasteiger partial charge in [0.25, 0.3) is 0 Å². The quantitative estimate of drug-likeness (QED) is 0.885. The first-order chi connectivity index (χ1) is 8.46. The van der Waals surface area contributed by atoms with Gasteiger partial charge in [-0.1, -0.05) is 26.0 Å². The number of para-hydroxylation sites is 1. The highest BCUT2D eigenvalue weighted by atomic mass is 32.2. The molecule has 1 atom stereocenters. The van der Waals surface area contributed by atoms with Gasteiger partial charge in [0.05, 0.1) is 11.8 Å². The summed E-state index contributed by atoms with van der Waals surface area (Å²) in [6.07, 6.45) is 0.734. The molecule has 0 aromatic heterocycles. The van der Waals surface area contributed by atoms with E-state index < -0.39 is 5.54 Å². The van der Waals surface area contributed by atoms with Crippen LogP contribution in [0.1, 0.15) is 20.3 Å². The van der Waals surface area contributed by atoms with E-state index in [9.17, 15) is 9.65 Å². The van der Waals surface area contributed by atoms with E-state index in [0.717, 1.165) is 12.2 Å². The van der Waals surface area contributed by atoms with Crippen molar-refractivity contribution in [3.8, 4) is 6.07 Å². The molecular formula is C14H17FN2S. The van der Waals surface area contributed by atoms with Gasteiger partial charge in [0, 0.05) is 5.75 Å². The van der Waals surface area contributed by atoms with E-state index in [1.165, 1.54) is 6.07 Å². The third-order valence-corrected chi connectivity index (χ3v) is 4.77. The zero-order valence-corrected chi connectivity index (χ0v) is 11.5. The minimum absolute atomic E-state index is 0.0942. The lowest BCUT2D eigenvalue weighted by Gasteiger charge is -2.41. The average Bonchev–Trinajstić information content (AvgIpc) is 2.31. The van der Waals surface area contributed by atoms with Gasteiger partial charge in [-0.3, -0.25) is 0 Å². The molecule has 2 nitrogen and oxygen atoms in total. The number of hydrogen-bond donors (Lipinski definition) is 1. The molecule has 1 saturated heterocycles. The molecule has 18 heavy (non-hydrogen) atoms. The predicted molar refractivity (Wildman–Crippen MR) is 74.1 cm³/mol. The molecular weight excluding hydrogens is 247 g/mol. The summed E-state index contributed by atoms with van der Waals surface area (Å²) < 4.78 is 13.7. The first-order valence-electron chi connectivity index (χ1n) is 5.98. The molecule has 1 fully saturated rings. The van der Waals surface area contributed by atoms with Gasteiger partial charge in [-0.2, -0.15) is 17.0 Å². The van der Waals surface area contributed by atoms with Crippen LogP contribution in [0.25, 0.3) is 0 Å². The summed E-state index contributed by atoms with van der Waals surface area (Å²) >= 11 is 1.75. The Bertz CT molecular complexity index is 481. The van der Waals surface area contributed by atoms with Gasteiger partial charge in [0.2, 0.25) is 0 Å². The van der Waals surface area contributed by atoms with Crippen LogP contribution in [0, 0.1) is 22.6 Å². The highest BCUT2D eigenvalue weighted by molar-refractivity contribution is 7.99. The Morgan fingerprint density at radius 1 is 1.33 bits per heavy atom. The molecule has 96 valence electrons. The van der Waals surface area contributed by atoms with Crippen LogP contribution in [0.2, 0.25) is 0 Å². The van der Waals surface area contributed by atoms with Crippen molar-refractivity contribution >= 4 is 17.4 Å². The van der Waals surface area contributed by atoms with E-state index in [1.54, 1.807) is 30.0 Å². The summed E-state index contributed by atoms with van der Waals surface area (Å²) in [5.41, 5.74) is -0.164. The highest BCUT2D eigenvalue weighted by Crippen LogP contribution is 2.40. The molecule has 0 spiro atoms. The topological polar surface area (TPSA) is 35.8 Å². The van der Waals surface area contributed by atoms with E-state index in [1.807, 2.05) is 0 Å². The number of benzene rings is 1. The molecule has 1 heterocycles. The van der Waals surface area contributed by atoms with Crippen LogP contribution in [-0.2, 0) is 0 Å². The van der Waals surface area contributed by atoms with Crippen molar-refractivity contribution in [1.29, 1.82) is 5.26 Å². The van der Waals surface area contributed by atoms with E-state index in [4.69, 9.17) is 0 Å². The fourth-order valence-corrected chi connectivity index (χ4v) is 3.76. The van der Waals surface area contributed by atoms with Gasteiger partial charge >= 0.3 is 0 Å². The second-order valence-corrected chi connectivity index (χ2v) is 6.62. The molecule has 1 N–H and O–H groups in total. The van der Waals surface area contributed by atoms with Gasteiger partial charge in [-0.25, -0.2) is 4.39 Å². The molecule has 1 aromatic rings. The van der Waals surface area contributed by atoms with Crippen molar-refractivity contribution in [3.05, 3.63) is 30.1 Å². The lowest BCUT2D eigenvalue weighted by molar-refractivity contribution is 0.323. The lowest BCUT2D eigenvalue weighted by atomic mass is 9.80. The van der Waals surface area contributed by atoms with Crippen molar-refractivity contribution < 1.29 is 4.39 Å². The molecule has 0 aliphatic carbocycles. The molecule has 0 amide bonds. The van der Waals surface area contributed by atoms with Crippen LogP contribution in [0.4, 0.5) is 10.1 Å². The molecule has 0 radical (unpaired) electrons. The largest absolute Gasteiger partial charge is 0.364 e. The number of thioether (sulfide) groups is 1. The number of halogens is 1. The Kier molecular flexibility index (Phi) is 3.54. The Balaban J connectivity index is 2.24. The van der Waals surface area contributed by atoms with Gasteiger partial charge < -0.3 is 5.32 Å². The summed E-state index contributed by atoms with van der Waals surface area (Å²) in [5.74, 6) is 1.43. The summed E-state index contributed by atoms with van der Waals surface area (Å²) in [7, 11) is 0. The second-order valence-electron chi connectivity index (χ2n) is 5.63. The van der Waals surface area contributed by atoms with Gasteiger partial charge in [-0.15, -0.1) is 0 Å². The van der Waals surface area contributed by atoms with E-state index in [2.05, 4.69) is 25.2 Å². The Morgan fingerprint density at radius 3 is 2.67 bits per heavy atom. The predicted octanol–water partition coefficient (Wildman–Crippen LogP) is 3.66. The minimum atomic E-state index is -0.672. The van der Waals surface area contributed by atoms with Gasteiger partial charge in [0.1, 0.15) is 11.4 Å². The third kappa shape index (κ3) is 2.78. The minimum Gasteiger partial charge on any atom is -0.364 e. The zero-order valence-electron chi connectivity index (χ0n) is 10.7. The van der Waals surface area contributed by atoms with E-state index >= 15 is 0 Å². The zero-order chi connectivity index (χ0) is 13.2. The highest BCUT2D eigenvalue weighted by Gasteiger charge is 2.41. The lowest BCUT2D eigenvalue weighted by Crippen LogP contribution is -2.47. The summed E-state index contributed by atoms with van der Waals surface area (Å²) in [5, 5.41) is 12.6. The molecule has 0 saturated carbocycles. The van der Waals surface area contributed by atoms with Crippen LogP contribution in [0.15, 0.2) is 24.3 Å². The second kappa shape index (κ2) is 4.81. The first kappa shape index (κ1) is 13.2. The van der Waals surface area contributed by atoms with Crippen molar-refractivity contribution in [2.75, 3.05) is 16.8 Å².